The first-order chi connectivity index (χ1) is 6.52. The van der Waals surface area contributed by atoms with Crippen LogP contribution in [-0.2, 0) is 0 Å². The van der Waals surface area contributed by atoms with E-state index in [9.17, 15) is 4.79 Å². The molecule has 1 aromatic heterocycles. The predicted molar refractivity (Wildman–Crippen MR) is 56.2 cm³/mol. The Hall–Kier alpha value is -0.840. The Balaban J connectivity index is 0.000000500. The fourth-order valence-electron chi connectivity index (χ4n) is 0.568. The Morgan fingerprint density at radius 2 is 1.93 bits per heavy atom. The van der Waals surface area contributed by atoms with Crippen LogP contribution in [-0.4, -0.2) is 30.2 Å². The number of hydrogen-bond acceptors (Lipinski definition) is 3. The van der Waals surface area contributed by atoms with Gasteiger partial charge in [0.05, 0.1) is 5.02 Å². The van der Waals surface area contributed by atoms with Gasteiger partial charge in [0.15, 0.2) is 5.69 Å². The van der Waals surface area contributed by atoms with Gasteiger partial charge in [0.1, 0.15) is 5.15 Å². The van der Waals surface area contributed by atoms with Crippen LogP contribution in [0.4, 0.5) is 0 Å². The van der Waals surface area contributed by atoms with Crippen LogP contribution >= 0.6 is 23.2 Å². The quantitative estimate of drug-likeness (QED) is 0.732. The molecule has 4 nitrogen and oxygen atoms in total. The fourth-order valence-corrected chi connectivity index (χ4v) is 0.902. The molecule has 0 fully saturated rings. The van der Waals surface area contributed by atoms with Gasteiger partial charge in [-0.15, -0.1) is 0 Å². The summed E-state index contributed by atoms with van der Waals surface area (Å²) in [5, 5.41) is 11.4. The van der Waals surface area contributed by atoms with Crippen LogP contribution in [0.25, 0.3) is 0 Å². The molecule has 0 aliphatic rings. The summed E-state index contributed by atoms with van der Waals surface area (Å²) in [4.78, 5) is 13.9. The minimum atomic E-state index is -1.18. The van der Waals surface area contributed by atoms with Gasteiger partial charge in [0.25, 0.3) is 0 Å². The molecular formula is C8H10Cl2N2O2. The molecule has 1 rings (SSSR count). The standard InChI is InChI=1S/C6H3Cl2NO2.C2H7N/c7-3-1-2-4(8)9-5(3)6(10)11;1-3-2/h1-2H,(H,10,11);3H,1-2H3. The molecule has 0 amide bonds. The Bertz CT molecular complexity index is 318. The van der Waals surface area contributed by atoms with Crippen molar-refractivity contribution in [2.24, 2.45) is 0 Å². The summed E-state index contributed by atoms with van der Waals surface area (Å²) < 4.78 is 0. The predicted octanol–water partition coefficient (Wildman–Crippen LogP) is 1.92. The highest BCUT2D eigenvalue weighted by molar-refractivity contribution is 6.34. The first kappa shape index (κ1) is 13.2. The van der Waals surface area contributed by atoms with Gasteiger partial charge in [-0.3, -0.25) is 0 Å². The van der Waals surface area contributed by atoms with E-state index in [4.69, 9.17) is 28.3 Å². The van der Waals surface area contributed by atoms with E-state index in [0.29, 0.717) is 0 Å². The fraction of sp³-hybridized carbons (Fsp3) is 0.250. The average molecular weight is 237 g/mol. The number of pyridine rings is 1. The van der Waals surface area contributed by atoms with Gasteiger partial charge in [-0.25, -0.2) is 9.78 Å². The third-order valence-corrected chi connectivity index (χ3v) is 1.53. The van der Waals surface area contributed by atoms with Crippen molar-refractivity contribution in [1.82, 2.24) is 10.3 Å². The highest BCUT2D eigenvalue weighted by Gasteiger charge is 2.09. The Labute approximate surface area is 91.9 Å². The molecule has 0 bridgehead atoms. The molecule has 0 unspecified atom stereocenters. The maximum Gasteiger partial charge on any atom is 0.356 e. The smallest absolute Gasteiger partial charge is 0.356 e. The third kappa shape index (κ3) is 4.41. The van der Waals surface area contributed by atoms with Crippen LogP contribution in [0.3, 0.4) is 0 Å². The molecule has 6 heteroatoms. The molecule has 0 spiro atoms. The molecule has 14 heavy (non-hydrogen) atoms. The number of nitrogens with zero attached hydrogens (tertiary/aromatic N) is 1. The lowest BCUT2D eigenvalue weighted by Gasteiger charge is -1.96. The van der Waals surface area contributed by atoms with E-state index < -0.39 is 5.97 Å². The topological polar surface area (TPSA) is 62.2 Å². The zero-order chi connectivity index (χ0) is 11.1. The monoisotopic (exact) mass is 236 g/mol. The van der Waals surface area contributed by atoms with Gasteiger partial charge in [-0.2, -0.15) is 0 Å². The summed E-state index contributed by atoms with van der Waals surface area (Å²) >= 11 is 10.9. The average Bonchev–Trinajstić information content (AvgIpc) is 2.10. The van der Waals surface area contributed by atoms with Gasteiger partial charge in [-0.05, 0) is 26.2 Å². The number of carboxylic acids is 1. The van der Waals surface area contributed by atoms with Gasteiger partial charge in [0.2, 0.25) is 0 Å². The molecule has 0 saturated heterocycles. The first-order valence-electron chi connectivity index (χ1n) is 3.66. The molecule has 0 radical (unpaired) electrons. The van der Waals surface area contributed by atoms with E-state index in [1.165, 1.54) is 12.1 Å². The van der Waals surface area contributed by atoms with Gasteiger partial charge < -0.3 is 10.4 Å². The molecule has 0 aromatic carbocycles. The van der Waals surface area contributed by atoms with Crippen LogP contribution < -0.4 is 5.32 Å². The number of nitrogens with one attached hydrogen (secondary N) is 1. The van der Waals surface area contributed by atoms with E-state index in [2.05, 4.69) is 10.3 Å². The van der Waals surface area contributed by atoms with Crippen molar-refractivity contribution in [3.8, 4) is 0 Å². The highest BCUT2D eigenvalue weighted by Crippen LogP contribution is 2.16. The third-order valence-electron chi connectivity index (χ3n) is 1.01. The van der Waals surface area contributed by atoms with Crippen LogP contribution in [0.1, 0.15) is 10.5 Å². The highest BCUT2D eigenvalue weighted by atomic mass is 35.5. The van der Waals surface area contributed by atoms with Crippen LogP contribution in [0.5, 0.6) is 0 Å². The first-order valence-corrected chi connectivity index (χ1v) is 4.42. The number of aromatic carboxylic acids is 1. The number of halogens is 2. The Morgan fingerprint density at radius 1 is 1.43 bits per heavy atom. The van der Waals surface area contributed by atoms with Gasteiger partial charge in [0, 0.05) is 0 Å². The summed E-state index contributed by atoms with van der Waals surface area (Å²) in [5.74, 6) is -1.18. The van der Waals surface area contributed by atoms with E-state index in [1.54, 1.807) is 0 Å². The van der Waals surface area contributed by atoms with Gasteiger partial charge in [-0.1, -0.05) is 23.2 Å². The van der Waals surface area contributed by atoms with Crippen molar-refractivity contribution in [1.29, 1.82) is 0 Å². The second-order valence-electron chi connectivity index (χ2n) is 2.27. The minimum absolute atomic E-state index is 0.0851. The van der Waals surface area contributed by atoms with E-state index in [-0.39, 0.29) is 15.9 Å². The number of aromatic nitrogens is 1. The molecule has 2 N–H and O–H groups in total. The largest absolute Gasteiger partial charge is 0.476 e. The SMILES string of the molecule is CNC.O=C(O)c1nc(Cl)ccc1Cl. The summed E-state index contributed by atoms with van der Waals surface area (Å²) in [6.45, 7) is 0. The lowest BCUT2D eigenvalue weighted by Crippen LogP contribution is -2.00. The molecular weight excluding hydrogens is 227 g/mol. The summed E-state index contributed by atoms with van der Waals surface area (Å²) in [6, 6.07) is 2.82. The number of carbonyl (C=O) groups is 1. The lowest BCUT2D eigenvalue weighted by molar-refractivity contribution is 0.0690. The van der Waals surface area contributed by atoms with Crippen molar-refractivity contribution in [2.45, 2.75) is 0 Å². The van der Waals surface area contributed by atoms with Crippen molar-refractivity contribution < 1.29 is 9.90 Å². The lowest BCUT2D eigenvalue weighted by atomic mass is 10.3. The number of hydrogen-bond donors (Lipinski definition) is 2. The van der Waals surface area contributed by atoms with Crippen molar-refractivity contribution >= 4 is 29.2 Å². The summed E-state index contributed by atoms with van der Waals surface area (Å²) in [5.41, 5.74) is -0.223. The molecule has 0 atom stereocenters. The zero-order valence-corrected chi connectivity index (χ0v) is 9.23. The zero-order valence-electron chi connectivity index (χ0n) is 7.71. The maximum atomic E-state index is 10.4. The summed E-state index contributed by atoms with van der Waals surface area (Å²) in [6.07, 6.45) is 0. The second-order valence-corrected chi connectivity index (χ2v) is 3.06. The Kier molecular flexibility index (Phi) is 6.19. The van der Waals surface area contributed by atoms with E-state index >= 15 is 0 Å². The van der Waals surface area contributed by atoms with E-state index in [1.807, 2.05) is 14.1 Å². The second kappa shape index (κ2) is 6.59. The van der Waals surface area contributed by atoms with Crippen molar-refractivity contribution in [3.63, 3.8) is 0 Å². The molecule has 0 aliphatic carbocycles. The molecule has 1 aromatic rings. The van der Waals surface area contributed by atoms with Crippen molar-refractivity contribution in [2.75, 3.05) is 14.1 Å². The Morgan fingerprint density at radius 3 is 2.29 bits per heavy atom. The number of carboxylic acid groups (broad SMARTS) is 1. The van der Waals surface area contributed by atoms with Crippen LogP contribution in [0.15, 0.2) is 12.1 Å². The minimum Gasteiger partial charge on any atom is -0.476 e. The van der Waals surface area contributed by atoms with Crippen LogP contribution in [0.2, 0.25) is 10.2 Å². The van der Waals surface area contributed by atoms with Crippen LogP contribution in [0, 0.1) is 0 Å². The van der Waals surface area contributed by atoms with E-state index in [0.717, 1.165) is 0 Å². The molecule has 78 valence electrons. The maximum absolute atomic E-state index is 10.4. The molecule has 0 aliphatic heterocycles. The molecule has 1 heterocycles. The van der Waals surface area contributed by atoms with Crippen molar-refractivity contribution in [3.05, 3.63) is 28.0 Å². The van der Waals surface area contributed by atoms with Gasteiger partial charge >= 0.3 is 5.97 Å². The molecule has 0 saturated carbocycles. The normalized spacial score (nSPS) is 8.86. The summed E-state index contributed by atoms with van der Waals surface area (Å²) in [7, 11) is 3.75. The number of rotatable bonds is 1.